The number of benzene rings is 1. The van der Waals surface area contributed by atoms with Crippen molar-refractivity contribution in [3.8, 4) is 10.6 Å². The summed E-state index contributed by atoms with van der Waals surface area (Å²) in [6, 6.07) is 12.7. The van der Waals surface area contributed by atoms with Gasteiger partial charge in [-0.25, -0.2) is 4.98 Å². The molecule has 164 valence electrons. The standard InChI is InChI=1S/C22H21N5O3S2/c1-13(28)19-10-17(26-27(19)15-6-4-3-5-7-15)21(30)25-22-24-18(12-31-22)20-9-8-16(32-20)11-23-14(2)29/h3-9,12,19H,10-11H2,1-2H3,(H,23,29)(H,24,25,30). The Balaban J connectivity index is 1.45. The van der Waals surface area contributed by atoms with Crippen LogP contribution >= 0.6 is 22.7 Å². The maximum atomic E-state index is 12.8. The second kappa shape index (κ2) is 9.41. The number of ketones is 1. The molecule has 2 aromatic heterocycles. The summed E-state index contributed by atoms with van der Waals surface area (Å²) >= 11 is 2.86. The molecule has 1 aromatic carbocycles. The van der Waals surface area contributed by atoms with E-state index in [4.69, 9.17) is 0 Å². The van der Waals surface area contributed by atoms with E-state index in [1.165, 1.54) is 36.5 Å². The quantitative estimate of drug-likeness (QED) is 0.552. The van der Waals surface area contributed by atoms with Crippen LogP contribution in [0.3, 0.4) is 0 Å². The monoisotopic (exact) mass is 467 g/mol. The van der Waals surface area contributed by atoms with Crippen molar-refractivity contribution in [3.05, 3.63) is 52.7 Å². The van der Waals surface area contributed by atoms with E-state index in [1.54, 1.807) is 5.01 Å². The average molecular weight is 468 g/mol. The van der Waals surface area contributed by atoms with Gasteiger partial charge in [-0.3, -0.25) is 24.7 Å². The highest BCUT2D eigenvalue weighted by Gasteiger charge is 2.34. The Bertz CT molecular complexity index is 1190. The first-order chi connectivity index (χ1) is 15.4. The molecule has 0 saturated carbocycles. The zero-order valence-electron chi connectivity index (χ0n) is 17.5. The number of thiazole rings is 1. The molecule has 3 heterocycles. The fourth-order valence-corrected chi connectivity index (χ4v) is 4.91. The number of nitrogens with one attached hydrogen (secondary N) is 2. The molecule has 2 amide bonds. The van der Waals surface area contributed by atoms with Crippen molar-refractivity contribution in [3.63, 3.8) is 0 Å². The molecule has 4 rings (SSSR count). The largest absolute Gasteiger partial charge is 0.351 e. The van der Waals surface area contributed by atoms with E-state index in [0.717, 1.165) is 21.1 Å². The number of nitrogens with zero attached hydrogens (tertiary/aromatic N) is 3. The summed E-state index contributed by atoms with van der Waals surface area (Å²) in [5, 5.41) is 13.9. The van der Waals surface area contributed by atoms with Gasteiger partial charge in [0.2, 0.25) is 5.91 Å². The summed E-state index contributed by atoms with van der Waals surface area (Å²) in [6.45, 7) is 3.46. The van der Waals surface area contributed by atoms with Crippen LogP contribution in [0, 0.1) is 0 Å². The number of hydrogen-bond donors (Lipinski definition) is 2. The van der Waals surface area contributed by atoms with Gasteiger partial charge in [-0.2, -0.15) is 5.10 Å². The fourth-order valence-electron chi connectivity index (χ4n) is 3.22. The van der Waals surface area contributed by atoms with Gasteiger partial charge in [0.1, 0.15) is 11.8 Å². The molecule has 3 aromatic rings. The lowest BCUT2D eigenvalue weighted by atomic mass is 10.1. The Morgan fingerprint density at radius 1 is 1.12 bits per heavy atom. The maximum absolute atomic E-state index is 12.8. The van der Waals surface area contributed by atoms with Crippen molar-refractivity contribution in [2.75, 3.05) is 10.3 Å². The van der Waals surface area contributed by atoms with Gasteiger partial charge in [0, 0.05) is 23.6 Å². The van der Waals surface area contributed by atoms with Crippen LogP contribution in [0.5, 0.6) is 0 Å². The molecule has 1 unspecified atom stereocenters. The predicted octanol–water partition coefficient (Wildman–Crippen LogP) is 3.67. The number of hydrogen-bond acceptors (Lipinski definition) is 8. The first-order valence-electron chi connectivity index (χ1n) is 9.93. The first kappa shape index (κ1) is 21.8. The molecule has 1 atom stereocenters. The molecule has 10 heteroatoms. The fraction of sp³-hybridized carbons (Fsp3) is 0.227. The van der Waals surface area contributed by atoms with E-state index >= 15 is 0 Å². The number of para-hydroxylation sites is 1. The third-order valence-electron chi connectivity index (χ3n) is 4.81. The molecule has 0 bridgehead atoms. The Hall–Kier alpha value is -3.37. The Morgan fingerprint density at radius 3 is 2.62 bits per heavy atom. The number of carbonyl (C=O) groups excluding carboxylic acids is 3. The minimum absolute atomic E-state index is 0.0512. The van der Waals surface area contributed by atoms with E-state index in [9.17, 15) is 14.4 Å². The predicted molar refractivity (Wildman–Crippen MR) is 127 cm³/mol. The lowest BCUT2D eigenvalue weighted by molar-refractivity contribution is -0.119. The maximum Gasteiger partial charge on any atom is 0.273 e. The molecule has 0 saturated heterocycles. The minimum atomic E-state index is -0.502. The van der Waals surface area contributed by atoms with Gasteiger partial charge in [-0.1, -0.05) is 18.2 Å². The van der Waals surface area contributed by atoms with Gasteiger partial charge in [-0.15, -0.1) is 22.7 Å². The van der Waals surface area contributed by atoms with Crippen molar-refractivity contribution >= 4 is 56.8 Å². The lowest BCUT2D eigenvalue weighted by Crippen LogP contribution is -2.33. The van der Waals surface area contributed by atoms with Gasteiger partial charge in [0.25, 0.3) is 5.91 Å². The molecule has 1 aliphatic rings. The Labute approximate surface area is 193 Å². The van der Waals surface area contributed by atoms with Crippen molar-refractivity contribution in [2.24, 2.45) is 5.10 Å². The van der Waals surface area contributed by atoms with Crippen LogP contribution in [0.15, 0.2) is 52.9 Å². The second-order valence-electron chi connectivity index (χ2n) is 7.23. The van der Waals surface area contributed by atoms with E-state index in [0.29, 0.717) is 17.4 Å². The van der Waals surface area contributed by atoms with Gasteiger partial charge < -0.3 is 5.32 Å². The van der Waals surface area contributed by atoms with Crippen LogP contribution in [0.25, 0.3) is 10.6 Å². The van der Waals surface area contributed by atoms with Crippen LogP contribution in [-0.2, 0) is 20.9 Å². The highest BCUT2D eigenvalue weighted by Crippen LogP contribution is 2.31. The number of aromatic nitrogens is 1. The summed E-state index contributed by atoms with van der Waals surface area (Å²) in [5.41, 5.74) is 1.81. The summed E-state index contributed by atoms with van der Waals surface area (Å²) in [7, 11) is 0. The number of amides is 2. The number of hydrazone groups is 1. The van der Waals surface area contributed by atoms with Gasteiger partial charge >= 0.3 is 0 Å². The van der Waals surface area contributed by atoms with E-state index < -0.39 is 6.04 Å². The highest BCUT2D eigenvalue weighted by atomic mass is 32.1. The van der Waals surface area contributed by atoms with Gasteiger partial charge in [-0.05, 0) is 31.2 Å². The highest BCUT2D eigenvalue weighted by molar-refractivity contribution is 7.17. The van der Waals surface area contributed by atoms with Crippen molar-refractivity contribution in [1.29, 1.82) is 0 Å². The lowest BCUT2D eigenvalue weighted by Gasteiger charge is -2.20. The third-order valence-corrected chi connectivity index (χ3v) is 6.68. The average Bonchev–Trinajstić information content (AvgIpc) is 3.51. The molecule has 8 nitrogen and oxygen atoms in total. The molecule has 1 aliphatic heterocycles. The minimum Gasteiger partial charge on any atom is -0.351 e. The van der Waals surface area contributed by atoms with E-state index in [1.807, 2.05) is 47.8 Å². The molecular formula is C22H21N5O3S2. The molecular weight excluding hydrogens is 446 g/mol. The Kier molecular flexibility index (Phi) is 6.42. The van der Waals surface area contributed by atoms with E-state index in [2.05, 4.69) is 20.7 Å². The van der Waals surface area contributed by atoms with Crippen LogP contribution in [-0.4, -0.2) is 34.3 Å². The third kappa shape index (κ3) is 4.92. The SMILES string of the molecule is CC(=O)NCc1ccc(-c2csc(NC(=O)C3=NN(c4ccccc4)C(C(C)=O)C3)n2)s1. The van der Waals surface area contributed by atoms with Gasteiger partial charge in [0.05, 0.1) is 22.8 Å². The second-order valence-corrected chi connectivity index (χ2v) is 9.25. The van der Waals surface area contributed by atoms with Crippen molar-refractivity contribution in [1.82, 2.24) is 10.3 Å². The number of rotatable bonds is 7. The van der Waals surface area contributed by atoms with Crippen molar-refractivity contribution in [2.45, 2.75) is 32.9 Å². The van der Waals surface area contributed by atoms with Gasteiger partial charge in [0.15, 0.2) is 10.9 Å². The molecule has 32 heavy (non-hydrogen) atoms. The Morgan fingerprint density at radius 2 is 1.91 bits per heavy atom. The van der Waals surface area contributed by atoms with Crippen LogP contribution < -0.4 is 15.6 Å². The molecule has 0 spiro atoms. The molecule has 0 radical (unpaired) electrons. The number of Topliss-reactive ketones (excluding diaryl/α,β-unsaturated/α-hetero) is 1. The summed E-state index contributed by atoms with van der Waals surface area (Å²) in [5.74, 6) is -0.496. The van der Waals surface area contributed by atoms with E-state index in [-0.39, 0.29) is 24.0 Å². The van der Waals surface area contributed by atoms with Crippen LogP contribution in [0.1, 0.15) is 25.1 Å². The zero-order valence-corrected chi connectivity index (χ0v) is 19.1. The molecule has 0 aliphatic carbocycles. The van der Waals surface area contributed by atoms with Crippen LogP contribution in [0.2, 0.25) is 0 Å². The smallest absolute Gasteiger partial charge is 0.273 e. The molecule has 0 fully saturated rings. The summed E-state index contributed by atoms with van der Waals surface area (Å²) < 4.78 is 0. The summed E-state index contributed by atoms with van der Waals surface area (Å²) in [6.07, 6.45) is 0.242. The summed E-state index contributed by atoms with van der Waals surface area (Å²) in [4.78, 5) is 42.5. The first-order valence-corrected chi connectivity index (χ1v) is 11.6. The molecule has 2 N–H and O–H groups in total. The van der Waals surface area contributed by atoms with Crippen LogP contribution in [0.4, 0.5) is 10.8 Å². The van der Waals surface area contributed by atoms with Crippen molar-refractivity contribution < 1.29 is 14.4 Å². The zero-order chi connectivity index (χ0) is 22.7. The normalized spacial score (nSPS) is 15.4. The number of thiophene rings is 1. The number of anilines is 2. The number of carbonyl (C=O) groups is 3. The topological polar surface area (TPSA) is 104 Å².